The van der Waals surface area contributed by atoms with Gasteiger partial charge in [0.15, 0.2) is 0 Å². The highest BCUT2D eigenvalue weighted by atomic mass is 32.2. The third kappa shape index (κ3) is 1.47. The number of carbonyl (C=O) groups excluding carboxylic acids is 1. The first-order valence-corrected chi connectivity index (χ1v) is 6.09. The molecule has 1 aromatic heterocycles. The fourth-order valence-electron chi connectivity index (χ4n) is 1.88. The van der Waals surface area contributed by atoms with Gasteiger partial charge in [-0.3, -0.25) is 9.69 Å². The Morgan fingerprint density at radius 3 is 3.06 bits per heavy atom. The summed E-state index contributed by atoms with van der Waals surface area (Å²) in [5.41, 5.74) is 1.14. The number of hydrogen-bond acceptors (Lipinski definition) is 5. The van der Waals surface area contributed by atoms with Crippen LogP contribution in [0, 0.1) is 6.92 Å². The van der Waals surface area contributed by atoms with Gasteiger partial charge in [0, 0.05) is 11.5 Å². The summed E-state index contributed by atoms with van der Waals surface area (Å²) in [7, 11) is 0. The summed E-state index contributed by atoms with van der Waals surface area (Å²) in [6, 6.07) is 1.72. The van der Waals surface area contributed by atoms with Crippen LogP contribution < -0.4 is 0 Å². The topological polar surface area (TPSA) is 83.6 Å². The van der Waals surface area contributed by atoms with Crippen molar-refractivity contribution in [1.82, 2.24) is 10.1 Å². The Labute approximate surface area is 106 Å². The lowest BCUT2D eigenvalue weighted by molar-refractivity contribution is -0.141. The zero-order valence-corrected chi connectivity index (χ0v) is 10.1. The number of carboxylic acids is 1. The number of nitrogens with zero attached hydrogens (tertiary/aromatic N) is 2. The minimum atomic E-state index is -1.09. The van der Waals surface area contributed by atoms with Gasteiger partial charge in [0.05, 0.1) is 5.57 Å². The van der Waals surface area contributed by atoms with E-state index in [0.717, 1.165) is 0 Å². The van der Waals surface area contributed by atoms with Crippen LogP contribution in [0.15, 0.2) is 27.3 Å². The van der Waals surface area contributed by atoms with E-state index in [1.165, 1.54) is 22.1 Å². The van der Waals surface area contributed by atoms with Gasteiger partial charge in [0.2, 0.25) is 0 Å². The maximum atomic E-state index is 11.9. The van der Waals surface area contributed by atoms with Gasteiger partial charge in [-0.1, -0.05) is 5.16 Å². The number of β-lactam (4-membered cyclic amide) rings is 1. The highest BCUT2D eigenvalue weighted by molar-refractivity contribution is 8.03. The number of hydrogen-bond donors (Lipinski definition) is 1. The molecule has 1 N–H and O–H groups in total. The summed E-state index contributed by atoms with van der Waals surface area (Å²) >= 11 is 1.30. The zero-order chi connectivity index (χ0) is 12.9. The standard InChI is InChI=1S/C11H8N2O4S/c1-5-2-6(12-17-5)3-7-9(14)13-8(11(15)16)4-18-10(7)13/h2-4,10H,1H3,(H,15,16)/b7-3+/t10-/m1/s1. The smallest absolute Gasteiger partial charge is 0.353 e. The van der Waals surface area contributed by atoms with Crippen molar-refractivity contribution in [2.24, 2.45) is 0 Å². The molecule has 6 nitrogen and oxygen atoms in total. The van der Waals surface area contributed by atoms with Crippen LogP contribution in [0.2, 0.25) is 0 Å². The largest absolute Gasteiger partial charge is 0.477 e. The van der Waals surface area contributed by atoms with E-state index in [1.807, 2.05) is 0 Å². The van der Waals surface area contributed by atoms with Gasteiger partial charge in [-0.15, -0.1) is 11.8 Å². The van der Waals surface area contributed by atoms with Crippen molar-refractivity contribution in [1.29, 1.82) is 0 Å². The number of carbonyl (C=O) groups is 2. The summed E-state index contributed by atoms with van der Waals surface area (Å²) in [4.78, 5) is 24.0. The van der Waals surface area contributed by atoms with Crippen LogP contribution in [0.25, 0.3) is 6.08 Å². The summed E-state index contributed by atoms with van der Waals surface area (Å²) in [5.74, 6) is -0.720. The summed E-state index contributed by atoms with van der Waals surface area (Å²) in [5, 5.41) is 13.9. The molecule has 3 heterocycles. The Kier molecular flexibility index (Phi) is 2.30. The monoisotopic (exact) mass is 264 g/mol. The molecule has 0 saturated carbocycles. The molecule has 92 valence electrons. The Bertz CT molecular complexity index is 616. The molecule has 0 spiro atoms. The van der Waals surface area contributed by atoms with E-state index in [4.69, 9.17) is 9.63 Å². The van der Waals surface area contributed by atoms with E-state index in [1.54, 1.807) is 19.1 Å². The third-order valence-electron chi connectivity index (χ3n) is 2.70. The molecule has 1 aromatic rings. The molecule has 3 rings (SSSR count). The van der Waals surface area contributed by atoms with Gasteiger partial charge in [0.25, 0.3) is 5.91 Å². The first-order valence-electron chi connectivity index (χ1n) is 5.15. The van der Waals surface area contributed by atoms with Crippen LogP contribution in [-0.2, 0) is 9.59 Å². The van der Waals surface area contributed by atoms with Gasteiger partial charge in [-0.05, 0) is 13.0 Å². The molecule has 2 aliphatic rings. The second-order valence-corrected chi connectivity index (χ2v) is 4.89. The Morgan fingerprint density at radius 2 is 2.44 bits per heavy atom. The van der Waals surface area contributed by atoms with E-state index in [0.29, 0.717) is 17.0 Å². The number of amides is 1. The minimum Gasteiger partial charge on any atom is -0.477 e. The summed E-state index contributed by atoms with van der Waals surface area (Å²) in [6.07, 6.45) is 1.63. The van der Waals surface area contributed by atoms with E-state index >= 15 is 0 Å². The molecule has 1 fully saturated rings. The van der Waals surface area contributed by atoms with Crippen molar-refractivity contribution < 1.29 is 19.2 Å². The average molecular weight is 264 g/mol. The van der Waals surface area contributed by atoms with Gasteiger partial charge in [-0.2, -0.15) is 0 Å². The quantitative estimate of drug-likeness (QED) is 0.638. The Balaban J connectivity index is 1.86. The molecular formula is C11H8N2O4S. The van der Waals surface area contributed by atoms with E-state index in [9.17, 15) is 9.59 Å². The first-order chi connectivity index (χ1) is 8.58. The number of carboxylic acid groups (broad SMARTS) is 1. The van der Waals surface area contributed by atoms with Crippen molar-refractivity contribution >= 4 is 29.7 Å². The molecule has 18 heavy (non-hydrogen) atoms. The fraction of sp³-hybridized carbons (Fsp3) is 0.182. The van der Waals surface area contributed by atoms with Crippen molar-refractivity contribution in [3.8, 4) is 0 Å². The minimum absolute atomic E-state index is 0.0310. The third-order valence-corrected chi connectivity index (χ3v) is 3.79. The maximum absolute atomic E-state index is 11.9. The fourth-order valence-corrected chi connectivity index (χ4v) is 3.00. The normalized spacial score (nSPS) is 23.9. The van der Waals surface area contributed by atoms with Crippen molar-refractivity contribution in [2.45, 2.75) is 12.3 Å². The van der Waals surface area contributed by atoms with Crippen molar-refractivity contribution in [3.05, 3.63) is 34.2 Å². The highest BCUT2D eigenvalue weighted by Gasteiger charge is 2.49. The molecule has 0 bridgehead atoms. The SMILES string of the molecule is Cc1cc(/C=C2\C(=O)N3C(C(=O)O)=CS[C@H]23)no1. The van der Waals surface area contributed by atoms with Gasteiger partial charge >= 0.3 is 5.97 Å². The van der Waals surface area contributed by atoms with Crippen LogP contribution in [0.4, 0.5) is 0 Å². The Hall–Kier alpha value is -2.02. The number of aryl methyl sites for hydroxylation is 1. The highest BCUT2D eigenvalue weighted by Crippen LogP contribution is 2.44. The molecule has 2 aliphatic heterocycles. The second kappa shape index (κ2) is 3.74. The van der Waals surface area contributed by atoms with Crippen molar-refractivity contribution in [3.63, 3.8) is 0 Å². The maximum Gasteiger partial charge on any atom is 0.353 e. The molecule has 7 heteroatoms. The van der Waals surface area contributed by atoms with Gasteiger partial charge < -0.3 is 9.63 Å². The van der Waals surface area contributed by atoms with Crippen LogP contribution in [-0.4, -0.2) is 32.4 Å². The molecule has 0 aromatic carbocycles. The lowest BCUT2D eigenvalue weighted by Gasteiger charge is -2.36. The van der Waals surface area contributed by atoms with Crippen LogP contribution >= 0.6 is 11.8 Å². The van der Waals surface area contributed by atoms with Gasteiger partial charge in [0.1, 0.15) is 22.5 Å². The van der Waals surface area contributed by atoms with Crippen LogP contribution in [0.5, 0.6) is 0 Å². The lowest BCUT2D eigenvalue weighted by atomic mass is 10.0. The molecule has 0 aliphatic carbocycles. The summed E-state index contributed by atoms with van der Waals surface area (Å²) < 4.78 is 4.91. The Morgan fingerprint density at radius 1 is 1.67 bits per heavy atom. The van der Waals surface area contributed by atoms with Crippen LogP contribution in [0.1, 0.15) is 11.5 Å². The number of fused-ring (bicyclic) bond motifs is 1. The number of aliphatic carboxylic acids is 1. The molecule has 1 atom stereocenters. The average Bonchev–Trinajstić information content (AvgIpc) is 2.89. The first kappa shape index (κ1) is 11.1. The van der Waals surface area contributed by atoms with E-state index < -0.39 is 5.97 Å². The van der Waals surface area contributed by atoms with E-state index in [-0.39, 0.29) is 17.0 Å². The van der Waals surface area contributed by atoms with Gasteiger partial charge in [-0.25, -0.2) is 4.79 Å². The zero-order valence-electron chi connectivity index (χ0n) is 9.28. The molecule has 0 radical (unpaired) electrons. The van der Waals surface area contributed by atoms with E-state index in [2.05, 4.69) is 5.16 Å². The molecule has 1 saturated heterocycles. The predicted molar refractivity (Wildman–Crippen MR) is 63.2 cm³/mol. The van der Waals surface area contributed by atoms with Crippen molar-refractivity contribution in [2.75, 3.05) is 0 Å². The molecule has 0 unspecified atom stereocenters. The molecule has 1 amide bonds. The number of rotatable bonds is 2. The second-order valence-electron chi connectivity index (χ2n) is 3.93. The van der Waals surface area contributed by atoms with Crippen LogP contribution in [0.3, 0.4) is 0 Å². The predicted octanol–water partition coefficient (Wildman–Crippen LogP) is 1.21. The molecular weight excluding hydrogens is 256 g/mol. The summed E-state index contributed by atoms with van der Waals surface area (Å²) in [6.45, 7) is 1.76. The number of aromatic nitrogens is 1. The lowest BCUT2D eigenvalue weighted by Crippen LogP contribution is -2.51. The number of thioether (sulfide) groups is 1.